The maximum atomic E-state index is 11.7. The number of nitrogens with zero attached hydrogens (tertiary/aromatic N) is 1. The number of carbonyl (C=O) groups excluding carboxylic acids is 2. The lowest BCUT2D eigenvalue weighted by molar-refractivity contribution is -0.140. The molecule has 0 aliphatic heterocycles. The van der Waals surface area contributed by atoms with Crippen LogP contribution in [-0.2, 0) is 9.59 Å². The monoisotopic (exact) mass is 300 g/mol. The molecule has 0 fully saturated rings. The van der Waals surface area contributed by atoms with Gasteiger partial charge in [-0.25, -0.2) is 14.6 Å². The highest BCUT2D eigenvalue weighted by Crippen LogP contribution is 2.17. The third-order valence-corrected chi connectivity index (χ3v) is 3.51. The molecule has 3 amide bonds. The van der Waals surface area contributed by atoms with E-state index in [0.717, 1.165) is 5.69 Å². The number of nitrogens with one attached hydrogen (secondary N) is 2. The first-order valence-electron chi connectivity index (χ1n) is 5.79. The van der Waals surface area contributed by atoms with E-state index in [2.05, 4.69) is 15.6 Å². The van der Waals surface area contributed by atoms with Crippen LogP contribution in [0.1, 0.15) is 30.1 Å². The van der Waals surface area contributed by atoms with Gasteiger partial charge in [-0.15, -0.1) is 11.3 Å². The molecule has 1 heterocycles. The van der Waals surface area contributed by atoms with Crippen molar-refractivity contribution in [3.63, 3.8) is 0 Å². The highest BCUT2D eigenvalue weighted by molar-refractivity contribution is 7.09. The second kappa shape index (κ2) is 6.85. The predicted molar refractivity (Wildman–Crippen MR) is 72.2 cm³/mol. The fourth-order valence-electron chi connectivity index (χ4n) is 1.43. The molecule has 110 valence electrons. The van der Waals surface area contributed by atoms with Crippen LogP contribution in [0.25, 0.3) is 0 Å². The van der Waals surface area contributed by atoms with Crippen LogP contribution < -0.4 is 16.4 Å². The molecule has 1 unspecified atom stereocenters. The number of aromatic nitrogens is 1. The summed E-state index contributed by atoms with van der Waals surface area (Å²) in [5, 5.41) is 16.2. The molecule has 0 radical (unpaired) electrons. The molecule has 20 heavy (non-hydrogen) atoms. The molecule has 9 heteroatoms. The molecule has 1 aromatic rings. The van der Waals surface area contributed by atoms with Gasteiger partial charge in [0.2, 0.25) is 5.91 Å². The van der Waals surface area contributed by atoms with Gasteiger partial charge < -0.3 is 21.5 Å². The van der Waals surface area contributed by atoms with Crippen LogP contribution in [0.3, 0.4) is 0 Å². The largest absolute Gasteiger partial charge is 0.480 e. The number of hydrogen-bond donors (Lipinski definition) is 4. The highest BCUT2D eigenvalue weighted by Gasteiger charge is 2.23. The predicted octanol–water partition coefficient (Wildman–Crippen LogP) is 0.140. The topological polar surface area (TPSA) is 134 Å². The number of nitrogens with two attached hydrogens (primary N) is 1. The van der Waals surface area contributed by atoms with Crippen LogP contribution in [0.2, 0.25) is 0 Å². The number of amides is 3. The van der Waals surface area contributed by atoms with Crippen LogP contribution in [0.5, 0.6) is 0 Å². The van der Waals surface area contributed by atoms with Crippen LogP contribution in [0.4, 0.5) is 4.79 Å². The van der Waals surface area contributed by atoms with Gasteiger partial charge in [0, 0.05) is 11.1 Å². The number of thiazole rings is 1. The fourth-order valence-corrected chi connectivity index (χ4v) is 2.23. The summed E-state index contributed by atoms with van der Waals surface area (Å²) in [7, 11) is 0. The van der Waals surface area contributed by atoms with Gasteiger partial charge in [-0.2, -0.15) is 0 Å². The van der Waals surface area contributed by atoms with Crippen LogP contribution >= 0.6 is 11.3 Å². The minimum Gasteiger partial charge on any atom is -0.480 e. The van der Waals surface area contributed by atoms with E-state index in [-0.39, 0.29) is 6.04 Å². The fraction of sp³-hybridized carbons (Fsp3) is 0.455. The number of aryl methyl sites for hydroxylation is 1. The zero-order chi connectivity index (χ0) is 15.3. The van der Waals surface area contributed by atoms with Gasteiger partial charge >= 0.3 is 12.0 Å². The molecule has 0 aromatic carbocycles. The number of carboxylic acid groups (broad SMARTS) is 1. The van der Waals surface area contributed by atoms with E-state index in [1.54, 1.807) is 6.92 Å². The summed E-state index contributed by atoms with van der Waals surface area (Å²) in [4.78, 5) is 37.5. The third-order valence-electron chi connectivity index (χ3n) is 2.36. The lowest BCUT2D eigenvalue weighted by atomic mass is 10.2. The Morgan fingerprint density at radius 2 is 2.10 bits per heavy atom. The van der Waals surface area contributed by atoms with Gasteiger partial charge in [0.1, 0.15) is 11.0 Å². The van der Waals surface area contributed by atoms with E-state index in [0.29, 0.717) is 5.01 Å². The zero-order valence-corrected chi connectivity index (χ0v) is 11.9. The van der Waals surface area contributed by atoms with Gasteiger partial charge in [0.15, 0.2) is 0 Å². The Bertz CT molecular complexity index is 516. The number of hydrogen-bond acceptors (Lipinski definition) is 5. The third kappa shape index (κ3) is 4.84. The Morgan fingerprint density at radius 3 is 2.55 bits per heavy atom. The second-order valence-corrected chi connectivity index (χ2v) is 5.12. The molecule has 0 bridgehead atoms. The molecule has 1 aromatic heterocycles. The Morgan fingerprint density at radius 1 is 1.45 bits per heavy atom. The summed E-state index contributed by atoms with van der Waals surface area (Å²) >= 11 is 1.39. The molecule has 8 nitrogen and oxygen atoms in total. The van der Waals surface area contributed by atoms with E-state index in [4.69, 9.17) is 10.8 Å². The maximum absolute atomic E-state index is 11.7. The molecule has 0 saturated heterocycles. The van der Waals surface area contributed by atoms with Crippen molar-refractivity contribution in [2.24, 2.45) is 5.73 Å². The summed E-state index contributed by atoms with van der Waals surface area (Å²) in [6.45, 7) is 3.56. The normalized spacial score (nSPS) is 13.3. The van der Waals surface area contributed by atoms with Crippen molar-refractivity contribution in [3.8, 4) is 0 Å². The van der Waals surface area contributed by atoms with Crippen LogP contribution in [0.15, 0.2) is 5.38 Å². The molecule has 0 aliphatic rings. The van der Waals surface area contributed by atoms with E-state index in [1.165, 1.54) is 11.3 Å². The lowest BCUT2D eigenvalue weighted by Crippen LogP contribution is -2.48. The second-order valence-electron chi connectivity index (χ2n) is 4.23. The van der Waals surface area contributed by atoms with Crippen LogP contribution in [0, 0.1) is 6.92 Å². The van der Waals surface area contributed by atoms with Crippen molar-refractivity contribution >= 4 is 29.2 Å². The van der Waals surface area contributed by atoms with E-state index < -0.39 is 30.4 Å². The summed E-state index contributed by atoms with van der Waals surface area (Å²) in [6.07, 6.45) is -0.465. The molecular weight excluding hydrogens is 284 g/mol. The van der Waals surface area contributed by atoms with Crippen LogP contribution in [-0.4, -0.2) is 34.0 Å². The molecule has 0 aliphatic carbocycles. The number of carboxylic acids is 1. The summed E-state index contributed by atoms with van der Waals surface area (Å²) < 4.78 is 0. The minimum absolute atomic E-state index is 0.364. The molecule has 5 N–H and O–H groups in total. The number of carbonyl (C=O) groups is 3. The van der Waals surface area contributed by atoms with Crippen molar-refractivity contribution in [2.75, 3.05) is 0 Å². The molecule has 1 rings (SSSR count). The number of primary amides is 1. The SMILES string of the molecule is Cc1csc(C(C)NC(=O)N[C@H](CC(N)=O)C(=O)O)n1. The Kier molecular flexibility index (Phi) is 5.44. The highest BCUT2D eigenvalue weighted by atomic mass is 32.1. The summed E-state index contributed by atoms with van der Waals surface area (Å²) in [5.41, 5.74) is 5.76. The summed E-state index contributed by atoms with van der Waals surface area (Å²) in [5.74, 6) is -2.13. The average molecular weight is 300 g/mol. The lowest BCUT2D eigenvalue weighted by Gasteiger charge is -2.16. The van der Waals surface area contributed by atoms with E-state index in [1.807, 2.05) is 12.3 Å². The van der Waals surface area contributed by atoms with Gasteiger partial charge in [-0.3, -0.25) is 4.79 Å². The molecule has 0 spiro atoms. The van der Waals surface area contributed by atoms with Gasteiger partial charge in [-0.1, -0.05) is 0 Å². The van der Waals surface area contributed by atoms with Gasteiger partial charge in [0.25, 0.3) is 0 Å². The minimum atomic E-state index is -1.35. The number of rotatable bonds is 6. The Balaban J connectivity index is 2.57. The van der Waals surface area contributed by atoms with Crippen molar-refractivity contribution in [1.29, 1.82) is 0 Å². The summed E-state index contributed by atoms with van der Waals surface area (Å²) in [6, 6.07) is -2.41. The van der Waals surface area contributed by atoms with Gasteiger partial charge in [-0.05, 0) is 13.8 Å². The van der Waals surface area contributed by atoms with Crippen molar-refractivity contribution < 1.29 is 19.5 Å². The Labute approximate surface area is 119 Å². The zero-order valence-electron chi connectivity index (χ0n) is 11.0. The average Bonchev–Trinajstić information content (AvgIpc) is 2.74. The smallest absolute Gasteiger partial charge is 0.326 e. The van der Waals surface area contributed by atoms with Crippen molar-refractivity contribution in [3.05, 3.63) is 16.1 Å². The molecule has 0 saturated carbocycles. The molecular formula is C11H16N4O4S. The first-order chi connectivity index (χ1) is 9.29. The number of aliphatic carboxylic acids is 1. The first kappa shape index (κ1) is 15.9. The van der Waals surface area contributed by atoms with Crippen molar-refractivity contribution in [2.45, 2.75) is 32.4 Å². The first-order valence-corrected chi connectivity index (χ1v) is 6.67. The quantitative estimate of drug-likeness (QED) is 0.592. The van der Waals surface area contributed by atoms with E-state index in [9.17, 15) is 14.4 Å². The number of urea groups is 1. The maximum Gasteiger partial charge on any atom is 0.326 e. The standard InChI is InChI=1S/C11H16N4O4S/c1-5-4-20-9(13-5)6(2)14-11(19)15-7(10(17)18)3-8(12)16/h4,6-7H,3H2,1-2H3,(H2,12,16)(H,17,18)(H2,14,15,19)/t6?,7-/m1/s1. The van der Waals surface area contributed by atoms with Crippen molar-refractivity contribution in [1.82, 2.24) is 15.6 Å². The van der Waals surface area contributed by atoms with Gasteiger partial charge in [0.05, 0.1) is 12.5 Å². The molecule has 2 atom stereocenters. The van der Waals surface area contributed by atoms with E-state index >= 15 is 0 Å². The Hall–Kier alpha value is -2.16.